The Bertz CT molecular complexity index is 910. The van der Waals surface area contributed by atoms with Crippen molar-refractivity contribution in [3.63, 3.8) is 0 Å². The van der Waals surface area contributed by atoms with Crippen molar-refractivity contribution < 1.29 is 9.53 Å². The summed E-state index contributed by atoms with van der Waals surface area (Å²) in [6.45, 7) is 2.52. The quantitative estimate of drug-likeness (QED) is 0.588. The predicted molar refractivity (Wildman–Crippen MR) is 111 cm³/mol. The van der Waals surface area contributed by atoms with E-state index in [1.165, 1.54) is 11.8 Å². The van der Waals surface area contributed by atoms with E-state index < -0.39 is 0 Å². The molecule has 0 bridgehead atoms. The summed E-state index contributed by atoms with van der Waals surface area (Å²) in [6, 6.07) is 17.6. The molecular weight excluding hydrogens is 372 g/mol. The molecule has 7 heteroatoms. The summed E-state index contributed by atoms with van der Waals surface area (Å²) in [7, 11) is 3.55. The molecule has 0 aliphatic rings. The first kappa shape index (κ1) is 19.9. The summed E-state index contributed by atoms with van der Waals surface area (Å²) in [4.78, 5) is 12.6. The maximum atomic E-state index is 12.6. The van der Waals surface area contributed by atoms with Crippen molar-refractivity contribution >= 4 is 17.7 Å². The Balaban J connectivity index is 1.67. The first-order chi connectivity index (χ1) is 13.6. The Kier molecular flexibility index (Phi) is 6.71. The molecule has 0 radical (unpaired) electrons. The second-order valence-electron chi connectivity index (χ2n) is 6.31. The first-order valence-electron chi connectivity index (χ1n) is 9.14. The number of rotatable bonds is 8. The van der Waals surface area contributed by atoms with E-state index in [-0.39, 0.29) is 11.2 Å². The number of ether oxygens (including phenoxy) is 1. The van der Waals surface area contributed by atoms with Crippen LogP contribution in [0.2, 0.25) is 0 Å². The van der Waals surface area contributed by atoms with Gasteiger partial charge in [0.15, 0.2) is 11.0 Å². The molecule has 0 aliphatic heterocycles. The molecule has 0 aliphatic carbocycles. The Morgan fingerprint density at radius 1 is 1.14 bits per heavy atom. The molecular formula is C21H24N4O2S. The van der Waals surface area contributed by atoms with E-state index in [9.17, 15) is 4.79 Å². The van der Waals surface area contributed by atoms with Gasteiger partial charge >= 0.3 is 0 Å². The highest BCUT2D eigenvalue weighted by molar-refractivity contribution is 8.00. The fourth-order valence-corrected chi connectivity index (χ4v) is 3.70. The topological polar surface area (TPSA) is 69.0 Å². The largest absolute Gasteiger partial charge is 0.497 e. The molecule has 0 saturated heterocycles. The summed E-state index contributed by atoms with van der Waals surface area (Å²) in [5.41, 5.74) is 2.03. The third-order valence-corrected chi connectivity index (χ3v) is 5.80. The monoisotopic (exact) mass is 396 g/mol. The van der Waals surface area contributed by atoms with E-state index in [0.717, 1.165) is 22.7 Å². The average molecular weight is 397 g/mol. The third kappa shape index (κ3) is 4.72. The Morgan fingerprint density at radius 2 is 1.86 bits per heavy atom. The van der Waals surface area contributed by atoms with Gasteiger partial charge in [-0.3, -0.25) is 4.79 Å². The van der Waals surface area contributed by atoms with Crippen LogP contribution in [0.15, 0.2) is 59.8 Å². The van der Waals surface area contributed by atoms with Gasteiger partial charge < -0.3 is 14.6 Å². The highest BCUT2D eigenvalue weighted by Crippen LogP contribution is 2.28. The van der Waals surface area contributed by atoms with Crippen LogP contribution in [0.4, 0.5) is 0 Å². The SMILES string of the molecule is CCC(Sc1nnc(-c2ccc(OC)cc2)n1C)C(=O)NCc1ccccc1. The fourth-order valence-electron chi connectivity index (χ4n) is 2.76. The molecule has 0 spiro atoms. The summed E-state index contributed by atoms with van der Waals surface area (Å²) in [5, 5.41) is 12.1. The van der Waals surface area contributed by atoms with Gasteiger partial charge in [0.25, 0.3) is 0 Å². The first-order valence-corrected chi connectivity index (χ1v) is 10.0. The van der Waals surface area contributed by atoms with Crippen molar-refractivity contribution in [3.05, 3.63) is 60.2 Å². The normalized spacial score (nSPS) is 11.8. The molecule has 3 aromatic rings. The number of amides is 1. The molecule has 0 fully saturated rings. The lowest BCUT2D eigenvalue weighted by Crippen LogP contribution is -2.32. The van der Waals surface area contributed by atoms with Crippen molar-refractivity contribution in [2.75, 3.05) is 7.11 Å². The van der Waals surface area contributed by atoms with Crippen LogP contribution >= 0.6 is 11.8 Å². The predicted octanol–water partition coefficient (Wildman–Crippen LogP) is 3.68. The van der Waals surface area contributed by atoms with Crippen LogP contribution in [0.25, 0.3) is 11.4 Å². The van der Waals surface area contributed by atoms with Gasteiger partial charge in [0, 0.05) is 19.2 Å². The van der Waals surface area contributed by atoms with Crippen molar-refractivity contribution in [3.8, 4) is 17.1 Å². The number of thioether (sulfide) groups is 1. The molecule has 146 valence electrons. The molecule has 6 nitrogen and oxygen atoms in total. The van der Waals surface area contributed by atoms with Crippen LogP contribution in [-0.4, -0.2) is 33.0 Å². The van der Waals surface area contributed by atoms with Gasteiger partial charge in [-0.1, -0.05) is 49.0 Å². The van der Waals surface area contributed by atoms with Gasteiger partial charge in [-0.15, -0.1) is 10.2 Å². The number of nitrogens with zero attached hydrogens (tertiary/aromatic N) is 3. The fraction of sp³-hybridized carbons (Fsp3) is 0.286. The highest BCUT2D eigenvalue weighted by atomic mass is 32.2. The maximum Gasteiger partial charge on any atom is 0.233 e. The lowest BCUT2D eigenvalue weighted by Gasteiger charge is -2.14. The minimum atomic E-state index is -0.227. The minimum absolute atomic E-state index is 0.00495. The number of methoxy groups -OCH3 is 1. The number of nitrogens with one attached hydrogen (secondary N) is 1. The number of hydrogen-bond acceptors (Lipinski definition) is 5. The van der Waals surface area contributed by atoms with Gasteiger partial charge in [-0.25, -0.2) is 0 Å². The summed E-state index contributed by atoms with van der Waals surface area (Å²) in [5.74, 6) is 1.55. The lowest BCUT2D eigenvalue weighted by molar-refractivity contribution is -0.120. The Morgan fingerprint density at radius 3 is 2.50 bits per heavy atom. The number of benzene rings is 2. The van der Waals surface area contributed by atoms with E-state index in [0.29, 0.717) is 18.1 Å². The molecule has 1 atom stereocenters. The molecule has 1 amide bonds. The summed E-state index contributed by atoms with van der Waals surface area (Å²) in [6.07, 6.45) is 0.704. The van der Waals surface area contributed by atoms with Crippen LogP contribution in [0.3, 0.4) is 0 Å². The zero-order valence-corrected chi connectivity index (χ0v) is 17.1. The molecule has 0 saturated carbocycles. The molecule has 28 heavy (non-hydrogen) atoms. The molecule has 3 rings (SSSR count). The maximum absolute atomic E-state index is 12.6. The summed E-state index contributed by atoms with van der Waals surface area (Å²) < 4.78 is 7.11. The highest BCUT2D eigenvalue weighted by Gasteiger charge is 2.21. The van der Waals surface area contributed by atoms with E-state index >= 15 is 0 Å². The van der Waals surface area contributed by atoms with Gasteiger partial charge in [0.2, 0.25) is 5.91 Å². The van der Waals surface area contributed by atoms with E-state index in [1.807, 2.05) is 73.1 Å². The standard InChI is InChI=1S/C21H24N4O2S/c1-4-18(20(26)22-14-15-8-6-5-7-9-15)28-21-24-23-19(25(21)2)16-10-12-17(27-3)13-11-16/h5-13,18H,4,14H2,1-3H3,(H,22,26). The minimum Gasteiger partial charge on any atom is -0.497 e. The van der Waals surface area contributed by atoms with Crippen molar-refractivity contribution in [1.29, 1.82) is 0 Å². The zero-order chi connectivity index (χ0) is 19.9. The average Bonchev–Trinajstić information content (AvgIpc) is 3.11. The molecule has 1 N–H and O–H groups in total. The second kappa shape index (κ2) is 9.41. The van der Waals surface area contributed by atoms with Crippen molar-refractivity contribution in [2.24, 2.45) is 7.05 Å². The van der Waals surface area contributed by atoms with Crippen molar-refractivity contribution in [1.82, 2.24) is 20.1 Å². The van der Waals surface area contributed by atoms with Crippen LogP contribution in [-0.2, 0) is 18.4 Å². The summed E-state index contributed by atoms with van der Waals surface area (Å²) >= 11 is 1.43. The number of hydrogen-bond donors (Lipinski definition) is 1. The molecule has 2 aromatic carbocycles. The smallest absolute Gasteiger partial charge is 0.233 e. The van der Waals surface area contributed by atoms with Crippen LogP contribution in [0.1, 0.15) is 18.9 Å². The van der Waals surface area contributed by atoms with Gasteiger partial charge in [-0.05, 0) is 36.2 Å². The number of carbonyl (C=O) groups excluding carboxylic acids is 1. The lowest BCUT2D eigenvalue weighted by atomic mass is 10.2. The zero-order valence-electron chi connectivity index (χ0n) is 16.3. The van der Waals surface area contributed by atoms with Crippen molar-refractivity contribution in [2.45, 2.75) is 30.3 Å². The molecule has 1 unspecified atom stereocenters. The second-order valence-corrected chi connectivity index (χ2v) is 7.48. The third-order valence-electron chi connectivity index (χ3n) is 4.40. The molecule has 1 heterocycles. The van der Waals surface area contributed by atoms with E-state index in [4.69, 9.17) is 4.74 Å². The van der Waals surface area contributed by atoms with E-state index in [1.54, 1.807) is 7.11 Å². The number of aromatic nitrogens is 3. The van der Waals surface area contributed by atoms with Gasteiger partial charge in [0.1, 0.15) is 5.75 Å². The van der Waals surface area contributed by atoms with Crippen LogP contribution < -0.4 is 10.1 Å². The van der Waals surface area contributed by atoms with Crippen LogP contribution in [0, 0.1) is 0 Å². The van der Waals surface area contributed by atoms with Gasteiger partial charge in [0.05, 0.1) is 12.4 Å². The molecule has 1 aromatic heterocycles. The Hall–Kier alpha value is -2.80. The Labute approximate surface area is 169 Å². The van der Waals surface area contributed by atoms with E-state index in [2.05, 4.69) is 15.5 Å². The van der Waals surface area contributed by atoms with Crippen LogP contribution in [0.5, 0.6) is 5.75 Å². The number of carbonyl (C=O) groups is 1. The van der Waals surface area contributed by atoms with Gasteiger partial charge in [-0.2, -0.15) is 0 Å².